The van der Waals surface area contributed by atoms with Crippen molar-refractivity contribution >= 4 is 0 Å². The van der Waals surface area contributed by atoms with E-state index in [0.717, 1.165) is 24.3 Å². The largest absolute Gasteiger partial charge is 0.491 e. The fraction of sp³-hybridized carbons (Fsp3) is 0.625. The Morgan fingerprint density at radius 3 is 2.40 bits per heavy atom. The summed E-state index contributed by atoms with van der Waals surface area (Å²) in [4.78, 5) is 0. The molecule has 0 amide bonds. The number of hydrogen-bond donors (Lipinski definition) is 3. The van der Waals surface area contributed by atoms with Crippen LogP contribution in [0.5, 0.6) is 5.75 Å². The second kappa shape index (κ2) is 8.25. The molecule has 1 rings (SSSR count). The molecule has 2 atom stereocenters. The third-order valence-electron chi connectivity index (χ3n) is 3.35. The van der Waals surface area contributed by atoms with Crippen LogP contribution in [0.4, 0.5) is 0 Å². The number of likely N-dealkylation sites (N-methyl/N-ethyl adjacent to an activating group) is 1. The van der Waals surface area contributed by atoms with Crippen molar-refractivity contribution in [3.8, 4) is 5.75 Å². The minimum atomic E-state index is -0.314. The standard InChI is InChI=1S/C16H27NO3/c1-4-17-16(3,12-19)11-13(2)20-15-7-5-14(6-8-15)9-10-18/h5-8,13,17-19H,4,9-12H2,1-3H3. The maximum atomic E-state index is 9.49. The van der Waals surface area contributed by atoms with Gasteiger partial charge in [0.1, 0.15) is 5.75 Å². The van der Waals surface area contributed by atoms with Gasteiger partial charge in [0.2, 0.25) is 0 Å². The molecule has 0 aliphatic rings. The molecular formula is C16H27NO3. The van der Waals surface area contributed by atoms with E-state index >= 15 is 0 Å². The van der Waals surface area contributed by atoms with Gasteiger partial charge < -0.3 is 20.3 Å². The van der Waals surface area contributed by atoms with Crippen molar-refractivity contribution in [2.75, 3.05) is 19.8 Å². The van der Waals surface area contributed by atoms with Crippen LogP contribution in [-0.4, -0.2) is 41.6 Å². The van der Waals surface area contributed by atoms with Crippen LogP contribution in [0.25, 0.3) is 0 Å². The average molecular weight is 281 g/mol. The van der Waals surface area contributed by atoms with Gasteiger partial charge >= 0.3 is 0 Å². The van der Waals surface area contributed by atoms with E-state index in [1.165, 1.54) is 0 Å². The van der Waals surface area contributed by atoms with Crippen molar-refractivity contribution < 1.29 is 14.9 Å². The number of hydrogen-bond acceptors (Lipinski definition) is 4. The zero-order valence-corrected chi connectivity index (χ0v) is 12.7. The van der Waals surface area contributed by atoms with Gasteiger partial charge in [0.25, 0.3) is 0 Å². The summed E-state index contributed by atoms with van der Waals surface area (Å²) in [5.41, 5.74) is 0.783. The fourth-order valence-electron chi connectivity index (χ4n) is 2.39. The first kappa shape index (κ1) is 17.0. The Balaban J connectivity index is 2.54. The van der Waals surface area contributed by atoms with Crippen LogP contribution in [0.2, 0.25) is 0 Å². The lowest BCUT2D eigenvalue weighted by atomic mass is 9.95. The summed E-state index contributed by atoms with van der Waals surface area (Å²) in [7, 11) is 0. The molecule has 0 heterocycles. The number of aliphatic hydroxyl groups is 2. The molecule has 4 nitrogen and oxygen atoms in total. The highest BCUT2D eigenvalue weighted by molar-refractivity contribution is 5.27. The first-order valence-corrected chi connectivity index (χ1v) is 7.25. The lowest BCUT2D eigenvalue weighted by Gasteiger charge is -2.31. The fourth-order valence-corrected chi connectivity index (χ4v) is 2.39. The smallest absolute Gasteiger partial charge is 0.119 e. The van der Waals surface area contributed by atoms with Crippen molar-refractivity contribution in [2.24, 2.45) is 0 Å². The summed E-state index contributed by atoms with van der Waals surface area (Å²) < 4.78 is 5.88. The third-order valence-corrected chi connectivity index (χ3v) is 3.35. The number of ether oxygens (including phenoxy) is 1. The predicted molar refractivity (Wildman–Crippen MR) is 81.1 cm³/mol. The van der Waals surface area contributed by atoms with E-state index in [4.69, 9.17) is 9.84 Å². The van der Waals surface area contributed by atoms with Gasteiger partial charge in [-0.1, -0.05) is 19.1 Å². The van der Waals surface area contributed by atoms with Crippen LogP contribution in [0.3, 0.4) is 0 Å². The molecule has 1 aromatic carbocycles. The normalized spacial score (nSPS) is 15.7. The van der Waals surface area contributed by atoms with Crippen molar-refractivity contribution in [2.45, 2.75) is 45.3 Å². The summed E-state index contributed by atoms with van der Waals surface area (Å²) in [5.74, 6) is 0.816. The second-order valence-corrected chi connectivity index (χ2v) is 5.50. The molecular weight excluding hydrogens is 254 g/mol. The van der Waals surface area contributed by atoms with Crippen LogP contribution in [-0.2, 0) is 6.42 Å². The third kappa shape index (κ3) is 5.49. The first-order valence-electron chi connectivity index (χ1n) is 7.25. The molecule has 0 bridgehead atoms. The lowest BCUT2D eigenvalue weighted by molar-refractivity contribution is 0.111. The van der Waals surface area contributed by atoms with Crippen LogP contribution >= 0.6 is 0 Å². The maximum Gasteiger partial charge on any atom is 0.119 e. The van der Waals surface area contributed by atoms with Crippen LogP contribution < -0.4 is 10.1 Å². The Bertz CT molecular complexity index is 380. The molecule has 4 heteroatoms. The summed E-state index contributed by atoms with van der Waals surface area (Å²) in [6, 6.07) is 7.78. The number of benzene rings is 1. The van der Waals surface area contributed by atoms with Crippen molar-refractivity contribution in [3.05, 3.63) is 29.8 Å². The summed E-state index contributed by atoms with van der Waals surface area (Å²) >= 11 is 0. The molecule has 3 N–H and O–H groups in total. The molecule has 2 unspecified atom stereocenters. The van der Waals surface area contributed by atoms with E-state index in [-0.39, 0.29) is 24.9 Å². The molecule has 0 fully saturated rings. The summed E-state index contributed by atoms with van der Waals surface area (Å²) in [5, 5.41) is 21.7. The Kier molecular flexibility index (Phi) is 6.99. The van der Waals surface area contributed by atoms with E-state index in [1.54, 1.807) is 0 Å². The van der Waals surface area contributed by atoms with Crippen molar-refractivity contribution in [3.63, 3.8) is 0 Å². The molecule has 0 aliphatic heterocycles. The van der Waals surface area contributed by atoms with Gasteiger partial charge in [0.15, 0.2) is 0 Å². The average Bonchev–Trinajstić information content (AvgIpc) is 2.41. The molecule has 0 saturated heterocycles. The highest BCUT2D eigenvalue weighted by Crippen LogP contribution is 2.19. The zero-order chi connectivity index (χ0) is 15.0. The quantitative estimate of drug-likeness (QED) is 0.645. The molecule has 0 saturated carbocycles. The molecule has 0 aliphatic carbocycles. The number of aliphatic hydroxyl groups excluding tert-OH is 2. The lowest BCUT2D eigenvalue weighted by Crippen LogP contribution is -2.48. The SMILES string of the molecule is CCNC(C)(CO)CC(C)Oc1ccc(CCO)cc1. The highest BCUT2D eigenvalue weighted by atomic mass is 16.5. The Morgan fingerprint density at radius 1 is 1.25 bits per heavy atom. The van der Waals surface area contributed by atoms with Gasteiger partial charge in [0, 0.05) is 18.6 Å². The van der Waals surface area contributed by atoms with E-state index in [9.17, 15) is 5.11 Å². The summed E-state index contributed by atoms with van der Waals surface area (Å²) in [6.07, 6.45) is 1.41. The van der Waals surface area contributed by atoms with Crippen molar-refractivity contribution in [1.29, 1.82) is 0 Å². The monoisotopic (exact) mass is 281 g/mol. The first-order chi connectivity index (χ1) is 9.53. The maximum absolute atomic E-state index is 9.49. The minimum absolute atomic E-state index is 0.00916. The van der Waals surface area contributed by atoms with E-state index < -0.39 is 0 Å². The van der Waals surface area contributed by atoms with Gasteiger partial charge in [0.05, 0.1) is 12.7 Å². The van der Waals surface area contributed by atoms with Gasteiger partial charge in [-0.05, 0) is 44.5 Å². The Labute approximate surface area is 121 Å². The number of rotatable bonds is 9. The molecule has 0 radical (unpaired) electrons. The van der Waals surface area contributed by atoms with Gasteiger partial charge in [-0.2, -0.15) is 0 Å². The Morgan fingerprint density at radius 2 is 1.90 bits per heavy atom. The van der Waals surface area contributed by atoms with Crippen LogP contribution in [0.1, 0.15) is 32.8 Å². The second-order valence-electron chi connectivity index (χ2n) is 5.50. The Hall–Kier alpha value is -1.10. The van der Waals surface area contributed by atoms with Crippen molar-refractivity contribution in [1.82, 2.24) is 5.32 Å². The highest BCUT2D eigenvalue weighted by Gasteiger charge is 2.25. The topological polar surface area (TPSA) is 61.7 Å². The van der Waals surface area contributed by atoms with E-state index in [0.29, 0.717) is 6.42 Å². The predicted octanol–water partition coefficient (Wildman–Crippen LogP) is 1.74. The molecule has 1 aromatic rings. The number of nitrogens with one attached hydrogen (secondary N) is 1. The molecule has 0 spiro atoms. The minimum Gasteiger partial charge on any atom is -0.491 e. The van der Waals surface area contributed by atoms with E-state index in [1.807, 2.05) is 45.0 Å². The molecule has 114 valence electrons. The van der Waals surface area contributed by atoms with Gasteiger partial charge in [-0.25, -0.2) is 0 Å². The van der Waals surface area contributed by atoms with Crippen LogP contribution in [0, 0.1) is 0 Å². The van der Waals surface area contributed by atoms with E-state index in [2.05, 4.69) is 5.32 Å². The molecule has 20 heavy (non-hydrogen) atoms. The van der Waals surface area contributed by atoms with Gasteiger partial charge in [-0.15, -0.1) is 0 Å². The molecule has 0 aromatic heterocycles. The summed E-state index contributed by atoms with van der Waals surface area (Å²) in [6.45, 7) is 7.10. The zero-order valence-electron chi connectivity index (χ0n) is 12.7. The van der Waals surface area contributed by atoms with Gasteiger partial charge in [-0.3, -0.25) is 0 Å². The van der Waals surface area contributed by atoms with Crippen LogP contribution in [0.15, 0.2) is 24.3 Å².